The quantitative estimate of drug-likeness (QED) is 0.731. The van der Waals surface area contributed by atoms with Crippen LogP contribution in [-0.2, 0) is 4.79 Å². The molecule has 1 N–H and O–H groups in total. The molecule has 3 heterocycles. The molecule has 1 aromatic carbocycles. The van der Waals surface area contributed by atoms with Gasteiger partial charge >= 0.3 is 5.97 Å². The number of piperidine rings is 1. The van der Waals surface area contributed by atoms with Gasteiger partial charge in [0.2, 0.25) is 0 Å². The van der Waals surface area contributed by atoms with Crippen LogP contribution < -0.4 is 0 Å². The molecule has 1 aliphatic heterocycles. The van der Waals surface area contributed by atoms with Gasteiger partial charge in [-0.05, 0) is 61.0 Å². The zero-order chi connectivity index (χ0) is 18.1. The molecule has 5 heteroatoms. The normalized spacial score (nSPS) is 19.5. The van der Waals surface area contributed by atoms with Gasteiger partial charge in [0.1, 0.15) is 6.04 Å². The van der Waals surface area contributed by atoms with Crippen LogP contribution in [0.2, 0.25) is 0 Å². The molecule has 0 radical (unpaired) electrons. The molecule has 0 amide bonds. The van der Waals surface area contributed by atoms with E-state index in [2.05, 4.69) is 41.1 Å². The number of nitrogens with zero attached hydrogens (tertiary/aromatic N) is 2. The number of rotatable bonds is 4. The summed E-state index contributed by atoms with van der Waals surface area (Å²) in [5.41, 5.74) is 2.25. The Bertz CT molecular complexity index is 903. The second-order valence-corrected chi connectivity index (χ2v) is 8.02. The molecule has 0 spiro atoms. The van der Waals surface area contributed by atoms with Crippen molar-refractivity contribution in [3.63, 3.8) is 0 Å². The van der Waals surface area contributed by atoms with Crippen molar-refractivity contribution in [1.82, 2.24) is 9.88 Å². The van der Waals surface area contributed by atoms with Crippen molar-refractivity contribution < 1.29 is 9.90 Å². The van der Waals surface area contributed by atoms with Crippen LogP contribution in [0.4, 0.5) is 0 Å². The number of aromatic nitrogens is 1. The SMILES string of the molecule is Cc1cnccc1C(c1cc2ccccc2s1)N1CCCCC1C(=O)O. The molecule has 0 aliphatic carbocycles. The van der Waals surface area contributed by atoms with Crippen LogP contribution in [0.25, 0.3) is 10.1 Å². The number of benzene rings is 1. The number of likely N-dealkylation sites (tertiary alicyclic amines) is 1. The van der Waals surface area contributed by atoms with Crippen molar-refractivity contribution >= 4 is 27.4 Å². The molecule has 4 nitrogen and oxygen atoms in total. The van der Waals surface area contributed by atoms with Crippen LogP contribution in [0, 0.1) is 6.92 Å². The van der Waals surface area contributed by atoms with E-state index >= 15 is 0 Å². The number of carboxylic acid groups (broad SMARTS) is 1. The van der Waals surface area contributed by atoms with Gasteiger partial charge in [-0.15, -0.1) is 11.3 Å². The Kier molecular flexibility index (Phi) is 4.74. The Morgan fingerprint density at radius 2 is 2.15 bits per heavy atom. The van der Waals surface area contributed by atoms with Gasteiger partial charge in [0, 0.05) is 22.0 Å². The second kappa shape index (κ2) is 7.17. The van der Waals surface area contributed by atoms with Crippen LogP contribution in [0.5, 0.6) is 0 Å². The van der Waals surface area contributed by atoms with E-state index in [1.807, 2.05) is 24.5 Å². The smallest absolute Gasteiger partial charge is 0.320 e. The van der Waals surface area contributed by atoms with Crippen molar-refractivity contribution in [3.05, 3.63) is 64.8 Å². The third-order valence-corrected chi connectivity index (χ3v) is 6.40. The van der Waals surface area contributed by atoms with Crippen LogP contribution in [-0.4, -0.2) is 33.5 Å². The van der Waals surface area contributed by atoms with E-state index in [1.165, 1.54) is 15.0 Å². The lowest BCUT2D eigenvalue weighted by Gasteiger charge is -2.39. The highest BCUT2D eigenvalue weighted by molar-refractivity contribution is 7.19. The Balaban J connectivity index is 1.86. The van der Waals surface area contributed by atoms with Crippen molar-refractivity contribution in [3.8, 4) is 0 Å². The van der Waals surface area contributed by atoms with Gasteiger partial charge in [-0.2, -0.15) is 0 Å². The first-order valence-electron chi connectivity index (χ1n) is 9.02. The van der Waals surface area contributed by atoms with E-state index in [-0.39, 0.29) is 6.04 Å². The minimum atomic E-state index is -0.720. The number of aliphatic carboxylic acids is 1. The van der Waals surface area contributed by atoms with Gasteiger partial charge in [-0.25, -0.2) is 0 Å². The maximum absolute atomic E-state index is 11.9. The van der Waals surface area contributed by atoms with Gasteiger partial charge < -0.3 is 5.11 Å². The van der Waals surface area contributed by atoms with E-state index in [0.29, 0.717) is 6.42 Å². The molecule has 2 unspecified atom stereocenters. The van der Waals surface area contributed by atoms with Crippen LogP contribution in [0.1, 0.15) is 41.3 Å². The lowest BCUT2D eigenvalue weighted by molar-refractivity contribution is -0.145. The number of carbonyl (C=O) groups is 1. The Hall–Kier alpha value is -2.24. The molecule has 0 bridgehead atoms. The number of fused-ring (bicyclic) bond motifs is 1. The fourth-order valence-electron chi connectivity index (χ4n) is 3.95. The molecule has 134 valence electrons. The first kappa shape index (κ1) is 17.2. The van der Waals surface area contributed by atoms with Crippen LogP contribution in [0.3, 0.4) is 0 Å². The Morgan fingerprint density at radius 3 is 2.92 bits per heavy atom. The molecular formula is C21H22N2O2S. The number of thiophene rings is 1. The highest BCUT2D eigenvalue weighted by Crippen LogP contribution is 2.40. The molecule has 4 rings (SSSR count). The highest BCUT2D eigenvalue weighted by Gasteiger charge is 2.36. The monoisotopic (exact) mass is 366 g/mol. The predicted molar refractivity (Wildman–Crippen MR) is 105 cm³/mol. The van der Waals surface area contributed by atoms with Crippen molar-refractivity contribution in [2.75, 3.05) is 6.54 Å². The minimum Gasteiger partial charge on any atom is -0.480 e. The molecular weight excluding hydrogens is 344 g/mol. The predicted octanol–water partition coefficient (Wildman–Crippen LogP) is 4.63. The fraction of sp³-hybridized carbons (Fsp3) is 0.333. The summed E-state index contributed by atoms with van der Waals surface area (Å²) in [7, 11) is 0. The van der Waals surface area contributed by atoms with Gasteiger partial charge in [0.15, 0.2) is 0 Å². The van der Waals surface area contributed by atoms with Gasteiger partial charge in [0.05, 0.1) is 6.04 Å². The average molecular weight is 366 g/mol. The summed E-state index contributed by atoms with van der Waals surface area (Å²) >= 11 is 1.76. The van der Waals surface area contributed by atoms with E-state index in [9.17, 15) is 9.90 Å². The number of hydrogen-bond donors (Lipinski definition) is 1. The average Bonchev–Trinajstić information content (AvgIpc) is 3.07. The first-order valence-corrected chi connectivity index (χ1v) is 9.84. The molecule has 2 atom stereocenters. The maximum atomic E-state index is 11.9. The van der Waals surface area contributed by atoms with E-state index in [4.69, 9.17) is 0 Å². The summed E-state index contributed by atoms with van der Waals surface area (Å²) in [6.07, 6.45) is 6.40. The lowest BCUT2D eigenvalue weighted by atomic mass is 9.94. The molecule has 0 saturated carbocycles. The van der Waals surface area contributed by atoms with Crippen molar-refractivity contribution in [2.24, 2.45) is 0 Å². The molecule has 1 aliphatic rings. The van der Waals surface area contributed by atoms with Crippen molar-refractivity contribution in [2.45, 2.75) is 38.3 Å². The molecule has 1 fully saturated rings. The summed E-state index contributed by atoms with van der Waals surface area (Å²) in [5, 5.41) is 11.0. The van der Waals surface area contributed by atoms with E-state index < -0.39 is 12.0 Å². The number of aryl methyl sites for hydroxylation is 1. The molecule has 3 aromatic rings. The number of carboxylic acids is 1. The minimum absolute atomic E-state index is 0.0446. The molecule has 2 aromatic heterocycles. The van der Waals surface area contributed by atoms with Crippen LogP contribution >= 0.6 is 11.3 Å². The van der Waals surface area contributed by atoms with Crippen molar-refractivity contribution in [1.29, 1.82) is 0 Å². The van der Waals surface area contributed by atoms with Gasteiger partial charge in [-0.1, -0.05) is 24.6 Å². The molecule has 26 heavy (non-hydrogen) atoms. The maximum Gasteiger partial charge on any atom is 0.320 e. The fourth-order valence-corrected chi connectivity index (χ4v) is 5.16. The summed E-state index contributed by atoms with van der Waals surface area (Å²) < 4.78 is 1.24. The first-order chi connectivity index (χ1) is 12.6. The van der Waals surface area contributed by atoms with Gasteiger partial charge in [-0.3, -0.25) is 14.7 Å². The number of hydrogen-bond acceptors (Lipinski definition) is 4. The third kappa shape index (κ3) is 3.13. The second-order valence-electron chi connectivity index (χ2n) is 6.91. The van der Waals surface area contributed by atoms with Crippen LogP contribution in [0.15, 0.2) is 48.8 Å². The highest BCUT2D eigenvalue weighted by atomic mass is 32.1. The van der Waals surface area contributed by atoms with Gasteiger partial charge in [0.25, 0.3) is 0 Å². The standard InChI is InChI=1S/C21H22N2O2S/c1-14-13-22-10-9-16(14)20(23-11-5-4-7-17(23)21(24)25)19-12-15-6-2-3-8-18(15)26-19/h2-3,6,8-10,12-13,17,20H,4-5,7,11H2,1H3,(H,24,25). The summed E-state index contributed by atoms with van der Waals surface area (Å²) in [5.74, 6) is -0.720. The Morgan fingerprint density at radius 1 is 1.31 bits per heavy atom. The summed E-state index contributed by atoms with van der Waals surface area (Å²) in [6, 6.07) is 12.1. The summed E-state index contributed by atoms with van der Waals surface area (Å²) in [6.45, 7) is 2.86. The summed E-state index contributed by atoms with van der Waals surface area (Å²) in [4.78, 5) is 19.6. The zero-order valence-electron chi connectivity index (χ0n) is 14.8. The largest absolute Gasteiger partial charge is 0.480 e. The van der Waals surface area contributed by atoms with E-state index in [1.54, 1.807) is 11.3 Å². The van der Waals surface area contributed by atoms with E-state index in [0.717, 1.165) is 30.5 Å². The lowest BCUT2D eigenvalue weighted by Crippen LogP contribution is -2.46. The number of pyridine rings is 1. The Labute approximate surface area is 157 Å². The zero-order valence-corrected chi connectivity index (χ0v) is 15.6. The third-order valence-electron chi connectivity index (χ3n) is 5.23. The molecule has 1 saturated heterocycles. The topological polar surface area (TPSA) is 53.4 Å².